The highest BCUT2D eigenvalue weighted by Crippen LogP contribution is 2.30. The summed E-state index contributed by atoms with van der Waals surface area (Å²) in [6.45, 7) is -0.135. The van der Waals surface area contributed by atoms with Gasteiger partial charge in [0, 0.05) is 29.3 Å². The van der Waals surface area contributed by atoms with Crippen LogP contribution in [0.1, 0.15) is 28.8 Å². The Balaban J connectivity index is 1.63. The van der Waals surface area contributed by atoms with Crippen LogP contribution in [0.4, 0.5) is 18.9 Å². The number of carbonyl (C=O) groups excluding carboxylic acids is 2. The molecule has 3 rings (SSSR count). The summed E-state index contributed by atoms with van der Waals surface area (Å²) in [7, 11) is 0. The van der Waals surface area contributed by atoms with Gasteiger partial charge in [0.05, 0.1) is 0 Å². The number of hydrogen-bond donors (Lipinski definition) is 2. The summed E-state index contributed by atoms with van der Waals surface area (Å²) in [6, 6.07) is 12.0. The van der Waals surface area contributed by atoms with E-state index in [0.717, 1.165) is 12.8 Å². The Kier molecular flexibility index (Phi) is 5.34. The van der Waals surface area contributed by atoms with Crippen LogP contribution in [0.15, 0.2) is 48.5 Å². The van der Waals surface area contributed by atoms with Gasteiger partial charge in [-0.25, -0.2) is 0 Å². The first kappa shape index (κ1) is 18.8. The number of alkyl halides is 3. The second kappa shape index (κ2) is 7.69. The summed E-state index contributed by atoms with van der Waals surface area (Å²) in [5.74, 6) is -0.881. The van der Waals surface area contributed by atoms with Crippen molar-refractivity contribution in [3.8, 4) is 5.75 Å². The molecule has 0 atom stereocenters. The number of rotatable bonds is 6. The molecule has 142 valence electrons. The number of nitrogens with one attached hydrogen (secondary N) is 2. The molecule has 8 heteroatoms. The van der Waals surface area contributed by atoms with Crippen LogP contribution in [0, 0.1) is 5.92 Å². The van der Waals surface area contributed by atoms with Gasteiger partial charge < -0.3 is 15.4 Å². The Hall–Kier alpha value is -3.03. The van der Waals surface area contributed by atoms with Gasteiger partial charge in [-0.15, -0.1) is 13.2 Å². The van der Waals surface area contributed by atoms with Gasteiger partial charge >= 0.3 is 6.36 Å². The van der Waals surface area contributed by atoms with Crippen LogP contribution in [0.5, 0.6) is 5.75 Å². The zero-order valence-electron chi connectivity index (χ0n) is 14.2. The number of carbonyl (C=O) groups is 2. The molecule has 1 saturated carbocycles. The van der Waals surface area contributed by atoms with Crippen LogP contribution in [-0.2, 0) is 11.3 Å². The maximum absolute atomic E-state index is 12.5. The van der Waals surface area contributed by atoms with E-state index in [1.54, 1.807) is 24.3 Å². The van der Waals surface area contributed by atoms with E-state index < -0.39 is 12.3 Å². The smallest absolute Gasteiger partial charge is 0.405 e. The van der Waals surface area contributed by atoms with E-state index in [9.17, 15) is 22.8 Å². The molecular formula is C19H17F3N2O3. The fourth-order valence-electron chi connectivity index (χ4n) is 2.48. The molecule has 0 spiro atoms. The maximum Gasteiger partial charge on any atom is 0.573 e. The van der Waals surface area contributed by atoms with Crippen molar-refractivity contribution in [3.63, 3.8) is 0 Å². The first-order valence-electron chi connectivity index (χ1n) is 8.34. The Labute approximate surface area is 153 Å². The Morgan fingerprint density at radius 2 is 1.81 bits per heavy atom. The minimum absolute atomic E-state index is 0.0348. The van der Waals surface area contributed by atoms with E-state index in [0.29, 0.717) is 5.69 Å². The number of amides is 2. The second-order valence-corrected chi connectivity index (χ2v) is 6.18. The molecule has 2 amide bonds. The van der Waals surface area contributed by atoms with Crippen LogP contribution in [0.3, 0.4) is 0 Å². The molecule has 0 aliphatic heterocycles. The molecule has 2 N–H and O–H groups in total. The molecule has 0 saturated heterocycles. The van der Waals surface area contributed by atoms with E-state index in [1.807, 2.05) is 0 Å². The van der Waals surface area contributed by atoms with Gasteiger partial charge in [-0.1, -0.05) is 24.3 Å². The van der Waals surface area contributed by atoms with Crippen LogP contribution >= 0.6 is 0 Å². The van der Waals surface area contributed by atoms with E-state index in [2.05, 4.69) is 15.4 Å². The summed E-state index contributed by atoms with van der Waals surface area (Å²) >= 11 is 0. The molecule has 2 aromatic rings. The minimum Gasteiger partial charge on any atom is -0.405 e. The summed E-state index contributed by atoms with van der Waals surface area (Å²) in [5.41, 5.74) is 0.986. The zero-order valence-corrected chi connectivity index (χ0v) is 14.2. The second-order valence-electron chi connectivity index (χ2n) is 6.18. The first-order chi connectivity index (χ1) is 12.8. The fraction of sp³-hybridized carbons (Fsp3) is 0.263. The van der Waals surface area contributed by atoms with Crippen molar-refractivity contribution >= 4 is 17.5 Å². The van der Waals surface area contributed by atoms with Crippen LogP contribution in [0.2, 0.25) is 0 Å². The molecule has 1 aliphatic rings. The average Bonchev–Trinajstić information content (AvgIpc) is 3.45. The van der Waals surface area contributed by atoms with E-state index in [4.69, 9.17) is 0 Å². The van der Waals surface area contributed by atoms with Gasteiger partial charge in [0.15, 0.2) is 0 Å². The summed E-state index contributed by atoms with van der Waals surface area (Å²) < 4.78 is 41.3. The van der Waals surface area contributed by atoms with Crippen LogP contribution in [0.25, 0.3) is 0 Å². The van der Waals surface area contributed by atoms with Crippen molar-refractivity contribution in [2.24, 2.45) is 5.92 Å². The molecule has 0 radical (unpaired) electrons. The molecule has 5 nitrogen and oxygen atoms in total. The van der Waals surface area contributed by atoms with Crippen molar-refractivity contribution in [3.05, 3.63) is 59.7 Å². The average molecular weight is 378 g/mol. The third-order valence-corrected chi connectivity index (χ3v) is 3.98. The number of anilines is 1. The van der Waals surface area contributed by atoms with Crippen LogP contribution in [-0.4, -0.2) is 18.2 Å². The van der Waals surface area contributed by atoms with Crippen LogP contribution < -0.4 is 15.4 Å². The van der Waals surface area contributed by atoms with Gasteiger partial charge in [0.2, 0.25) is 5.91 Å². The van der Waals surface area contributed by atoms with Crippen molar-refractivity contribution in [2.45, 2.75) is 25.7 Å². The molecule has 0 heterocycles. The van der Waals surface area contributed by atoms with E-state index in [-0.39, 0.29) is 35.2 Å². The molecule has 2 aromatic carbocycles. The van der Waals surface area contributed by atoms with Crippen molar-refractivity contribution in [1.82, 2.24) is 5.32 Å². The summed E-state index contributed by atoms with van der Waals surface area (Å²) in [6.07, 6.45) is -3.08. The molecular weight excluding hydrogens is 361 g/mol. The van der Waals surface area contributed by atoms with Gasteiger partial charge in [0.25, 0.3) is 5.91 Å². The van der Waals surface area contributed by atoms with Gasteiger partial charge in [-0.05, 0) is 37.1 Å². The minimum atomic E-state index is -4.81. The molecule has 27 heavy (non-hydrogen) atoms. The predicted molar refractivity (Wildman–Crippen MR) is 92.1 cm³/mol. The third kappa shape index (κ3) is 5.47. The van der Waals surface area contributed by atoms with Crippen molar-refractivity contribution in [1.29, 1.82) is 0 Å². The van der Waals surface area contributed by atoms with Gasteiger partial charge in [-0.3, -0.25) is 9.59 Å². The number of hydrogen-bond acceptors (Lipinski definition) is 3. The highest BCUT2D eigenvalue weighted by molar-refractivity contribution is 5.98. The number of benzene rings is 2. The summed E-state index contributed by atoms with van der Waals surface area (Å²) in [4.78, 5) is 24.1. The maximum atomic E-state index is 12.5. The number of para-hydroxylation sites is 1. The summed E-state index contributed by atoms with van der Waals surface area (Å²) in [5, 5.41) is 5.30. The lowest BCUT2D eigenvalue weighted by Gasteiger charge is -2.14. The molecule has 1 aliphatic carbocycles. The lowest BCUT2D eigenvalue weighted by Crippen LogP contribution is -2.24. The third-order valence-electron chi connectivity index (χ3n) is 3.98. The lowest BCUT2D eigenvalue weighted by molar-refractivity contribution is -0.274. The lowest BCUT2D eigenvalue weighted by atomic mass is 10.1. The predicted octanol–water partition coefficient (Wildman–Crippen LogP) is 3.86. The first-order valence-corrected chi connectivity index (χ1v) is 8.34. The largest absolute Gasteiger partial charge is 0.573 e. The van der Waals surface area contributed by atoms with Crippen molar-refractivity contribution in [2.75, 3.05) is 5.32 Å². The quantitative estimate of drug-likeness (QED) is 0.802. The zero-order chi connectivity index (χ0) is 19.4. The highest BCUT2D eigenvalue weighted by atomic mass is 19.4. The molecule has 0 aromatic heterocycles. The molecule has 0 unspecified atom stereocenters. The number of ether oxygens (including phenoxy) is 1. The van der Waals surface area contributed by atoms with Gasteiger partial charge in [-0.2, -0.15) is 0 Å². The number of halogens is 3. The Bertz CT molecular complexity index is 848. The Morgan fingerprint density at radius 3 is 2.52 bits per heavy atom. The van der Waals surface area contributed by atoms with Crippen molar-refractivity contribution < 1.29 is 27.5 Å². The van der Waals surface area contributed by atoms with E-state index >= 15 is 0 Å². The monoisotopic (exact) mass is 378 g/mol. The van der Waals surface area contributed by atoms with E-state index in [1.165, 1.54) is 24.3 Å². The molecule has 1 fully saturated rings. The normalized spacial score (nSPS) is 13.7. The standard InChI is InChI=1S/C19H17F3N2O3/c20-19(21,22)27-16-7-2-1-4-14(16)11-23-17(25)13-5-3-6-15(10-13)24-18(26)12-8-9-12/h1-7,10,12H,8-9,11H2,(H,23,25)(H,24,26). The van der Waals surface area contributed by atoms with Gasteiger partial charge in [0.1, 0.15) is 5.75 Å². The SMILES string of the molecule is O=C(NCc1ccccc1OC(F)(F)F)c1cccc(NC(=O)C2CC2)c1. The fourth-order valence-corrected chi connectivity index (χ4v) is 2.48. The molecule has 0 bridgehead atoms. The highest BCUT2D eigenvalue weighted by Gasteiger charge is 2.32. The Morgan fingerprint density at radius 1 is 1.07 bits per heavy atom. The topological polar surface area (TPSA) is 67.4 Å².